The van der Waals surface area contributed by atoms with Gasteiger partial charge < -0.3 is 0 Å². The predicted molar refractivity (Wildman–Crippen MR) is 121 cm³/mol. The van der Waals surface area contributed by atoms with Crippen molar-refractivity contribution >= 4 is 36.2 Å². The molecule has 4 rings (SSSR count). The van der Waals surface area contributed by atoms with E-state index in [-0.39, 0.29) is 5.56 Å². The molecule has 2 aromatic heterocycles. The predicted octanol–water partition coefficient (Wildman–Crippen LogP) is 5.64. The number of para-hydroxylation sites is 1. The Hall–Kier alpha value is -2.52. The quantitative estimate of drug-likeness (QED) is 0.372. The van der Waals surface area contributed by atoms with Crippen molar-refractivity contribution in [3.8, 4) is 0 Å². The van der Waals surface area contributed by atoms with Gasteiger partial charge in [0.25, 0.3) is 5.56 Å². The van der Waals surface area contributed by atoms with Crippen LogP contribution in [0.4, 0.5) is 0 Å². The second-order valence-corrected chi connectivity index (χ2v) is 8.81. The highest BCUT2D eigenvalue weighted by Crippen LogP contribution is 2.41. The number of unbranched alkanes of at least 4 members (excludes halogenated alkanes) is 1. The number of fused-ring (bicyclic) bond motifs is 4. The van der Waals surface area contributed by atoms with E-state index in [1.807, 2.05) is 42.7 Å². The fourth-order valence-corrected chi connectivity index (χ4v) is 4.85. The Morgan fingerprint density at radius 3 is 2.48 bits per heavy atom. The third-order valence-corrected chi connectivity index (χ3v) is 7.40. The summed E-state index contributed by atoms with van der Waals surface area (Å²) in [5, 5.41) is 0.0194. The molecule has 1 unspecified atom stereocenters. The maximum absolute atomic E-state index is 13.5. The van der Waals surface area contributed by atoms with Crippen LogP contribution in [0.15, 0.2) is 47.3 Å². The summed E-state index contributed by atoms with van der Waals surface area (Å²) in [6.45, 7) is 6.27. The zero-order valence-electron chi connectivity index (χ0n) is 17.2. The van der Waals surface area contributed by atoms with Gasteiger partial charge in [0.2, 0.25) is 11.1 Å². The van der Waals surface area contributed by atoms with Gasteiger partial charge in [-0.3, -0.25) is 9.36 Å². The van der Waals surface area contributed by atoms with E-state index in [2.05, 4.69) is 25.1 Å². The SMILES string of the molecule is CCCCc1ccc2c(c1)n1c(=O)c3ccccc3nc1n2C(CC)(CC)[PH+]=O. The van der Waals surface area contributed by atoms with Crippen molar-refractivity contribution in [2.75, 3.05) is 0 Å². The van der Waals surface area contributed by atoms with Gasteiger partial charge >= 0.3 is 8.46 Å². The minimum atomic E-state index is -0.583. The molecule has 29 heavy (non-hydrogen) atoms. The molecule has 150 valence electrons. The monoisotopic (exact) mass is 408 g/mol. The van der Waals surface area contributed by atoms with Crippen LogP contribution in [0.3, 0.4) is 0 Å². The van der Waals surface area contributed by atoms with Crippen molar-refractivity contribution in [1.29, 1.82) is 0 Å². The van der Waals surface area contributed by atoms with Gasteiger partial charge in [0, 0.05) is 12.8 Å². The van der Waals surface area contributed by atoms with Crippen molar-refractivity contribution < 1.29 is 4.57 Å². The molecule has 0 fully saturated rings. The molecule has 0 aliphatic carbocycles. The largest absolute Gasteiger partial charge is 0.353 e. The lowest BCUT2D eigenvalue weighted by Crippen LogP contribution is -2.27. The van der Waals surface area contributed by atoms with Crippen LogP contribution in [0.2, 0.25) is 0 Å². The first-order valence-electron chi connectivity index (χ1n) is 10.4. The van der Waals surface area contributed by atoms with Gasteiger partial charge in [0.15, 0.2) is 0 Å². The summed E-state index contributed by atoms with van der Waals surface area (Å²) in [5.74, 6) is 0.573. The molecular weight excluding hydrogens is 381 g/mol. The maximum atomic E-state index is 13.5. The van der Waals surface area contributed by atoms with Crippen molar-refractivity contribution in [1.82, 2.24) is 14.0 Å². The van der Waals surface area contributed by atoms with E-state index >= 15 is 0 Å². The minimum absolute atomic E-state index is 0.0719. The Morgan fingerprint density at radius 1 is 1.03 bits per heavy atom. The average Bonchev–Trinajstić information content (AvgIpc) is 3.08. The summed E-state index contributed by atoms with van der Waals surface area (Å²) in [5.41, 5.74) is 3.57. The molecule has 2 heterocycles. The standard InChI is InChI=1S/C23H26N3O2P/c1-4-7-10-16-13-14-19-20(15-16)25-21(27)17-11-8-9-12-18(17)24-22(25)26(19)23(5-2,6-3)29-28/h8-9,11-15H,4-7,10H2,1-3H3/p+1. The Morgan fingerprint density at radius 2 is 1.79 bits per heavy atom. The zero-order valence-corrected chi connectivity index (χ0v) is 18.2. The van der Waals surface area contributed by atoms with Crippen LogP contribution in [0, 0.1) is 0 Å². The van der Waals surface area contributed by atoms with E-state index in [1.54, 1.807) is 4.40 Å². The van der Waals surface area contributed by atoms with Crippen molar-refractivity contribution in [3.63, 3.8) is 0 Å². The Labute approximate surface area is 171 Å². The normalized spacial score (nSPS) is 12.5. The molecule has 0 amide bonds. The van der Waals surface area contributed by atoms with Crippen molar-refractivity contribution in [3.05, 3.63) is 58.4 Å². The van der Waals surface area contributed by atoms with E-state index in [0.29, 0.717) is 29.5 Å². The lowest BCUT2D eigenvalue weighted by molar-refractivity contribution is 0.410. The van der Waals surface area contributed by atoms with Crippen LogP contribution in [0.5, 0.6) is 0 Å². The Kier molecular flexibility index (Phi) is 5.26. The van der Waals surface area contributed by atoms with Gasteiger partial charge in [0.05, 0.1) is 21.9 Å². The van der Waals surface area contributed by atoms with Gasteiger partial charge in [0.1, 0.15) is 0 Å². The summed E-state index contributed by atoms with van der Waals surface area (Å²) < 4.78 is 16.2. The fourth-order valence-electron chi connectivity index (χ4n) is 4.25. The highest BCUT2D eigenvalue weighted by Gasteiger charge is 2.40. The summed E-state index contributed by atoms with van der Waals surface area (Å²) in [7, 11) is -0.531. The van der Waals surface area contributed by atoms with E-state index in [0.717, 1.165) is 30.3 Å². The first-order chi connectivity index (χ1) is 14.1. The number of imidazole rings is 1. The molecule has 0 saturated carbocycles. The highest BCUT2D eigenvalue weighted by molar-refractivity contribution is 7.25. The van der Waals surface area contributed by atoms with Crippen LogP contribution in [-0.2, 0) is 16.3 Å². The molecule has 1 atom stereocenters. The molecule has 5 nitrogen and oxygen atoms in total. The van der Waals surface area contributed by atoms with E-state index in [9.17, 15) is 9.36 Å². The first kappa shape index (κ1) is 19.8. The molecule has 0 N–H and O–H groups in total. The van der Waals surface area contributed by atoms with Gasteiger partial charge in [-0.15, -0.1) is 0 Å². The van der Waals surface area contributed by atoms with Crippen LogP contribution in [-0.4, -0.2) is 14.0 Å². The number of aryl methyl sites for hydroxylation is 1. The van der Waals surface area contributed by atoms with Gasteiger partial charge in [-0.2, -0.15) is 0 Å². The molecule has 4 aromatic rings. The fraction of sp³-hybridized carbons (Fsp3) is 0.391. The topological polar surface area (TPSA) is 56.4 Å². The molecule has 0 bridgehead atoms. The highest BCUT2D eigenvalue weighted by atomic mass is 31.1. The first-order valence-corrected chi connectivity index (χ1v) is 11.4. The Bertz CT molecular complexity index is 1270. The number of aromatic nitrogens is 3. The molecule has 0 radical (unpaired) electrons. The van der Waals surface area contributed by atoms with Crippen LogP contribution < -0.4 is 5.56 Å². The second-order valence-electron chi connectivity index (χ2n) is 7.67. The zero-order chi connectivity index (χ0) is 20.6. The van der Waals surface area contributed by atoms with Crippen LogP contribution in [0.25, 0.3) is 27.7 Å². The molecule has 0 aliphatic rings. The number of hydrogen-bond donors (Lipinski definition) is 0. The van der Waals surface area contributed by atoms with Gasteiger partial charge in [-0.05, 0) is 42.7 Å². The summed E-state index contributed by atoms with van der Waals surface area (Å²) in [6, 6.07) is 13.8. The summed E-state index contributed by atoms with van der Waals surface area (Å²) in [6.07, 6.45) is 4.61. The Balaban J connectivity index is 2.20. The molecule has 6 heteroatoms. The van der Waals surface area contributed by atoms with E-state index in [4.69, 9.17) is 4.98 Å². The van der Waals surface area contributed by atoms with Crippen molar-refractivity contribution in [2.24, 2.45) is 0 Å². The molecule has 0 aliphatic heterocycles. The molecule has 0 saturated heterocycles. The number of nitrogens with zero attached hydrogens (tertiary/aromatic N) is 3. The summed E-state index contributed by atoms with van der Waals surface area (Å²) in [4.78, 5) is 18.3. The van der Waals surface area contributed by atoms with Gasteiger partial charge in [-0.25, -0.2) is 9.38 Å². The smallest absolute Gasteiger partial charge is 0.268 e. The van der Waals surface area contributed by atoms with Crippen molar-refractivity contribution in [2.45, 2.75) is 58.2 Å². The maximum Gasteiger partial charge on any atom is 0.353 e. The third-order valence-electron chi connectivity index (χ3n) is 6.09. The van der Waals surface area contributed by atoms with Gasteiger partial charge in [-0.1, -0.05) is 50.0 Å². The number of rotatable bonds is 7. The average molecular weight is 408 g/mol. The molecule has 0 spiro atoms. The van der Waals surface area contributed by atoms with E-state index < -0.39 is 13.7 Å². The molecule has 2 aromatic carbocycles. The number of hydrogen-bond acceptors (Lipinski definition) is 3. The molecular formula is C23H27N3O2P+. The lowest BCUT2D eigenvalue weighted by Gasteiger charge is -2.21. The minimum Gasteiger partial charge on any atom is -0.268 e. The lowest BCUT2D eigenvalue weighted by atomic mass is 10.1. The van der Waals surface area contributed by atoms with Crippen LogP contribution >= 0.6 is 8.46 Å². The third kappa shape index (κ3) is 3.00. The summed E-state index contributed by atoms with van der Waals surface area (Å²) >= 11 is 0. The van der Waals surface area contributed by atoms with E-state index in [1.165, 1.54) is 5.56 Å². The second kappa shape index (κ2) is 7.72. The van der Waals surface area contributed by atoms with Crippen LogP contribution in [0.1, 0.15) is 52.0 Å². The number of benzene rings is 2.